The van der Waals surface area contributed by atoms with Crippen molar-refractivity contribution in [1.82, 2.24) is 19.1 Å². The molecule has 22 heteroatoms. The molecule has 6 aromatic rings. The van der Waals surface area contributed by atoms with Gasteiger partial charge in [0, 0.05) is 40.7 Å². The summed E-state index contributed by atoms with van der Waals surface area (Å²) in [5, 5.41) is 23.9. The summed E-state index contributed by atoms with van der Waals surface area (Å²) in [7, 11) is 3.61. The number of halogens is 3. The minimum atomic E-state index is -2.91. The van der Waals surface area contributed by atoms with Crippen molar-refractivity contribution in [3.8, 4) is 28.5 Å². The Balaban J connectivity index is 0.000000172. The van der Waals surface area contributed by atoms with E-state index in [9.17, 15) is 34.2 Å². The number of carbonyl (C=O) groups excluding carboxylic acids is 2. The first-order chi connectivity index (χ1) is 35.2. The normalized spacial score (nSPS) is 18.2. The number of hydrogen-bond donors (Lipinski definition) is 3. The Bertz CT molecular complexity index is 3390. The molecular formula is C53H65Cl3N4O11PdSi3. The molecule has 8 heterocycles. The number of esters is 2. The van der Waals surface area contributed by atoms with E-state index in [2.05, 4.69) is 40.0 Å². The van der Waals surface area contributed by atoms with Crippen molar-refractivity contribution < 1.29 is 58.9 Å². The van der Waals surface area contributed by atoms with Gasteiger partial charge >= 0.3 is 46.9 Å². The van der Waals surface area contributed by atoms with Gasteiger partial charge in [0.1, 0.15) is 19.0 Å². The van der Waals surface area contributed by atoms with Gasteiger partial charge < -0.3 is 42.5 Å². The number of fused-ring (bicyclic) bond motifs is 10. The molecule has 406 valence electrons. The Morgan fingerprint density at radius 1 is 0.720 bits per heavy atom. The van der Waals surface area contributed by atoms with Crippen LogP contribution >= 0.6 is 30.7 Å². The van der Waals surface area contributed by atoms with Gasteiger partial charge in [0.05, 0.1) is 68.5 Å². The van der Waals surface area contributed by atoms with Gasteiger partial charge in [0.25, 0.3) is 11.1 Å². The van der Waals surface area contributed by atoms with Crippen LogP contribution in [-0.4, -0.2) is 83.3 Å². The van der Waals surface area contributed by atoms with Crippen LogP contribution in [0.4, 0.5) is 0 Å². The molecule has 0 amide bonds. The molecule has 0 saturated heterocycles. The summed E-state index contributed by atoms with van der Waals surface area (Å²) in [4.78, 5) is 72.0. The zero-order chi connectivity index (χ0) is 55.3. The van der Waals surface area contributed by atoms with Crippen LogP contribution < -0.4 is 16.3 Å². The van der Waals surface area contributed by atoms with Gasteiger partial charge in [-0.25, -0.2) is 14.8 Å². The number of aryl methyl sites for hydroxylation is 1. The fraction of sp³-hybridized carbons (Fsp3) is 0.434. The summed E-state index contributed by atoms with van der Waals surface area (Å²) in [6, 6.07) is 14.3. The molecule has 4 aliphatic heterocycles. The molecule has 0 fully saturated rings. The van der Waals surface area contributed by atoms with Crippen LogP contribution in [0.1, 0.15) is 92.8 Å². The number of ether oxygens (including phenoxy) is 2. The first-order valence-corrected chi connectivity index (χ1v) is 39.0. The van der Waals surface area contributed by atoms with Crippen LogP contribution in [0.3, 0.4) is 0 Å². The second-order valence-corrected chi connectivity index (χ2v) is 41.1. The third-order valence-corrected chi connectivity index (χ3v) is 31.8. The van der Waals surface area contributed by atoms with Crippen LogP contribution in [0.2, 0.25) is 44.3 Å². The van der Waals surface area contributed by atoms with Gasteiger partial charge in [-0.15, -0.1) is 0 Å². The van der Waals surface area contributed by atoms with Gasteiger partial charge in [-0.05, 0) is 133 Å². The number of carbonyl (C=O) groups is 2. The molecule has 0 bridgehead atoms. The van der Waals surface area contributed by atoms with Gasteiger partial charge in [-0.2, -0.15) is 0 Å². The minimum absolute atomic E-state index is 0.0154. The van der Waals surface area contributed by atoms with Crippen molar-refractivity contribution in [2.75, 3.05) is 13.2 Å². The second kappa shape index (κ2) is 22.3. The fourth-order valence-corrected chi connectivity index (χ4v) is 17.2. The van der Waals surface area contributed by atoms with Crippen LogP contribution in [0.15, 0.2) is 58.1 Å². The van der Waals surface area contributed by atoms with E-state index >= 15 is 0 Å². The molecule has 0 radical (unpaired) electrons. The maximum atomic E-state index is 13.3. The van der Waals surface area contributed by atoms with Gasteiger partial charge in [0.15, 0.2) is 5.60 Å². The molecule has 0 spiro atoms. The predicted octanol–water partition coefficient (Wildman–Crippen LogP) is 9.62. The van der Waals surface area contributed by atoms with Crippen molar-refractivity contribution >= 4 is 93.6 Å². The third-order valence-electron chi connectivity index (χ3n) is 15.1. The monoisotopic (exact) mass is 1230 g/mol. The number of cyclic esters (lactones) is 2. The summed E-state index contributed by atoms with van der Waals surface area (Å²) in [6.45, 7) is 26.5. The summed E-state index contributed by atoms with van der Waals surface area (Å²) in [5.74, 6) is -0.984. The van der Waals surface area contributed by atoms with Crippen LogP contribution in [0, 0.1) is 6.92 Å². The van der Waals surface area contributed by atoms with Crippen molar-refractivity contribution in [1.29, 1.82) is 0 Å². The van der Waals surface area contributed by atoms with E-state index in [1.165, 1.54) is 6.07 Å². The molecule has 3 N–H and O–H groups in total. The van der Waals surface area contributed by atoms with E-state index in [0.717, 1.165) is 64.2 Å². The third kappa shape index (κ3) is 10.7. The van der Waals surface area contributed by atoms with E-state index in [0.29, 0.717) is 51.0 Å². The number of phenols is 1. The van der Waals surface area contributed by atoms with Crippen LogP contribution in [0.5, 0.6) is 5.75 Å². The number of phenolic OH excluding ortho intramolecular Hbond substituents is 1. The molecule has 2 aromatic carbocycles. The SMILES string of the molecule is CCCO[Si](C)(C)[Si](C)(C)OCC.CC[C@@]1(C)C(=O)OCc2c1cc1n(c2=O)Cc2c-1nc1ccc(C)cc1c2Cl.CC[C@@]1(O)C(=O)OCc2c1cc1n(c2=O)Cc2c-1nc1ccc(O)cc1c2[Si](C)(C)O.[Cl][Pd][Cl]. The topological polar surface area (TPSA) is 202 Å². The Morgan fingerprint density at radius 2 is 1.24 bits per heavy atom. The predicted molar refractivity (Wildman–Crippen MR) is 298 cm³/mol. The molecule has 0 unspecified atom stereocenters. The molecule has 15 nitrogen and oxygen atoms in total. The number of aromatic nitrogens is 4. The van der Waals surface area contributed by atoms with E-state index < -0.39 is 41.0 Å². The van der Waals surface area contributed by atoms with Crippen molar-refractivity contribution in [2.24, 2.45) is 0 Å². The zero-order valence-corrected chi connectivity index (χ0v) is 51.2. The Labute approximate surface area is 460 Å². The Kier molecular flexibility index (Phi) is 17.5. The van der Waals surface area contributed by atoms with Crippen LogP contribution in [0.25, 0.3) is 44.6 Å². The molecule has 75 heavy (non-hydrogen) atoms. The molecule has 0 aliphatic carbocycles. The van der Waals surface area contributed by atoms with Crippen molar-refractivity contribution in [3.05, 3.63) is 113 Å². The first-order valence-electron chi connectivity index (χ1n) is 24.9. The molecular weight excluding hydrogens is 1170 g/mol. The summed E-state index contributed by atoms with van der Waals surface area (Å²) >= 11 is 6.63. The number of benzene rings is 2. The molecule has 2 atom stereocenters. The van der Waals surface area contributed by atoms with E-state index in [1.54, 1.807) is 47.4 Å². The van der Waals surface area contributed by atoms with Gasteiger partial charge in [-0.1, -0.05) is 44.0 Å². The fourth-order valence-electron chi connectivity index (χ4n) is 10.1. The average molecular weight is 1230 g/mol. The summed E-state index contributed by atoms with van der Waals surface area (Å²) in [5.41, 5.74) is 5.16. The van der Waals surface area contributed by atoms with E-state index in [1.807, 2.05) is 45.0 Å². The summed E-state index contributed by atoms with van der Waals surface area (Å²) in [6.07, 6.45) is 1.73. The summed E-state index contributed by atoms with van der Waals surface area (Å²) < 4.78 is 25.5. The maximum absolute atomic E-state index is 13.3. The Morgan fingerprint density at radius 3 is 1.80 bits per heavy atom. The molecule has 4 aromatic heterocycles. The molecule has 4 aliphatic rings. The quantitative estimate of drug-likeness (QED) is 0.0912. The van der Waals surface area contributed by atoms with Gasteiger partial charge in [-0.3, -0.25) is 14.4 Å². The molecule has 0 saturated carbocycles. The van der Waals surface area contributed by atoms with Gasteiger partial charge in [0.2, 0.25) is 24.0 Å². The number of hydrogen-bond acceptors (Lipinski definition) is 13. The molecule has 10 rings (SSSR count). The standard InChI is InChI=1S/C22H19ClN2O3.C22H22N2O6Si.C9H24O2Si2.2ClH.Pd/c1-4-22(3)15-8-17-19-13(9-25(17)20(26)14(15)10-28-21(22)27)18(23)12-7-11(2)5-6-16(12)24-19;1-4-22(28)15-8-17-18-13(9-24(17)20(26)14(15)10-30-21(22)27)19(31(2,3)29)12-7-11(25)5-6-16(12)23-18;1-7-9-11-13(5,6)12(3,4)10-8-2;;;/h5-8H,4,9-10H2,1-3H3;5-8,25,28-29H,4,9-10H2,1-3H3;7-9H2,1-6H3;2*1H;/q;;;;;+2/p-2/t2*22-;;;;/m10..../s1. The van der Waals surface area contributed by atoms with Crippen molar-refractivity contribution in [2.45, 2.75) is 137 Å². The number of pyridine rings is 4. The first kappa shape index (κ1) is 58.6. The second-order valence-electron chi connectivity index (χ2n) is 20.9. The van der Waals surface area contributed by atoms with Crippen molar-refractivity contribution in [3.63, 3.8) is 0 Å². The number of aromatic hydroxyl groups is 1. The van der Waals surface area contributed by atoms with Crippen LogP contribution in [-0.2, 0) is 81.2 Å². The number of rotatable bonds is 9. The number of aliphatic hydroxyl groups is 1. The average Bonchev–Trinajstić information content (AvgIpc) is 3.92. The number of nitrogens with zero attached hydrogens (tertiary/aromatic N) is 4. The van der Waals surface area contributed by atoms with E-state index in [4.69, 9.17) is 59.0 Å². The van der Waals surface area contributed by atoms with E-state index in [-0.39, 0.29) is 76.1 Å². The zero-order valence-electron chi connectivity index (χ0n) is 44.3. The Hall–Kier alpha value is -4.08.